The Hall–Kier alpha value is -4.77. The van der Waals surface area contributed by atoms with Crippen LogP contribution in [0, 0.1) is 11.8 Å². The Labute approximate surface area is 281 Å². The molecule has 7 atom stereocenters. The second-order valence-electron chi connectivity index (χ2n) is 11.4. The summed E-state index contributed by atoms with van der Waals surface area (Å²) < 4.78 is 29.4. The molecule has 0 unspecified atom stereocenters. The second-order valence-corrected chi connectivity index (χ2v) is 11.4. The largest absolute Gasteiger partial charge is 0.455 e. The van der Waals surface area contributed by atoms with Crippen molar-refractivity contribution >= 4 is 23.7 Å². The predicted octanol–water partition coefficient (Wildman–Crippen LogP) is 5.66. The highest BCUT2D eigenvalue weighted by Crippen LogP contribution is 2.32. The molecule has 1 aliphatic rings. The van der Waals surface area contributed by atoms with Crippen LogP contribution in [0.15, 0.2) is 116 Å². The molecule has 3 aromatic rings. The number of amides is 1. The highest BCUT2D eigenvalue weighted by molar-refractivity contribution is 5.84. The third-order valence-electron chi connectivity index (χ3n) is 7.99. The summed E-state index contributed by atoms with van der Waals surface area (Å²) >= 11 is 0. The van der Waals surface area contributed by atoms with Crippen LogP contribution in [0.1, 0.15) is 24.0 Å². The summed E-state index contributed by atoms with van der Waals surface area (Å²) in [6.07, 6.45) is -2.99. The lowest BCUT2D eigenvalue weighted by Gasteiger charge is -2.44. The number of anilines is 1. The minimum atomic E-state index is -1.41. The van der Waals surface area contributed by atoms with E-state index in [4.69, 9.17) is 23.7 Å². The zero-order chi connectivity index (χ0) is 34.3. The predicted molar refractivity (Wildman–Crippen MR) is 180 cm³/mol. The van der Waals surface area contributed by atoms with Crippen molar-refractivity contribution in [2.45, 2.75) is 56.4 Å². The minimum Gasteiger partial charge on any atom is -0.455 e. The molecule has 1 aliphatic heterocycles. The van der Waals surface area contributed by atoms with E-state index in [0.29, 0.717) is 24.9 Å². The van der Waals surface area contributed by atoms with Crippen molar-refractivity contribution in [1.29, 1.82) is 0 Å². The Morgan fingerprint density at radius 3 is 1.69 bits per heavy atom. The number of aliphatic hydroxyl groups is 1. The zero-order valence-electron chi connectivity index (χ0n) is 27.0. The van der Waals surface area contributed by atoms with E-state index in [-0.39, 0.29) is 6.42 Å². The van der Waals surface area contributed by atoms with E-state index in [1.54, 1.807) is 42.5 Å². The van der Waals surface area contributed by atoms with Gasteiger partial charge in [0, 0.05) is 12.8 Å². The van der Waals surface area contributed by atoms with Gasteiger partial charge in [0.05, 0.1) is 18.4 Å². The minimum absolute atomic E-state index is 0.289. The zero-order valence-corrected chi connectivity index (χ0v) is 27.0. The molecule has 0 spiro atoms. The van der Waals surface area contributed by atoms with E-state index >= 15 is 0 Å². The van der Waals surface area contributed by atoms with Crippen molar-refractivity contribution in [3.63, 3.8) is 0 Å². The number of hydrogen-bond donors (Lipinski definition) is 2. The van der Waals surface area contributed by atoms with Gasteiger partial charge in [-0.1, -0.05) is 91.0 Å². The normalized spacial score (nSPS) is 21.6. The first-order valence-corrected chi connectivity index (χ1v) is 15.9. The van der Waals surface area contributed by atoms with E-state index < -0.39 is 67.2 Å². The quantitative estimate of drug-likeness (QED) is 0.114. The smallest absolute Gasteiger partial charge is 0.412 e. The van der Waals surface area contributed by atoms with Gasteiger partial charge in [-0.3, -0.25) is 14.9 Å². The number of para-hydroxylation sites is 1. The van der Waals surface area contributed by atoms with Crippen LogP contribution in [0.4, 0.5) is 10.5 Å². The number of hydrogen-bond acceptors (Lipinski definition) is 9. The molecule has 1 amide bonds. The summed E-state index contributed by atoms with van der Waals surface area (Å²) in [6, 6.07) is 27.5. The number of ether oxygens (including phenoxy) is 5. The van der Waals surface area contributed by atoms with Gasteiger partial charge in [-0.2, -0.15) is 0 Å². The third-order valence-corrected chi connectivity index (χ3v) is 7.99. The first kappa shape index (κ1) is 36.1. The number of aliphatic hydroxyl groups excluding tert-OH is 1. The average molecular weight is 658 g/mol. The Bertz CT molecular complexity index is 1470. The molecule has 3 aromatic carbocycles. The van der Waals surface area contributed by atoms with Crippen LogP contribution >= 0.6 is 0 Å². The molecular weight excluding hydrogens is 614 g/mol. The molecule has 0 aliphatic carbocycles. The maximum atomic E-state index is 13.9. The Kier molecular flexibility index (Phi) is 13.9. The third kappa shape index (κ3) is 10.1. The Morgan fingerprint density at radius 2 is 1.23 bits per heavy atom. The van der Waals surface area contributed by atoms with E-state index in [9.17, 15) is 19.5 Å². The summed E-state index contributed by atoms with van der Waals surface area (Å²) in [5, 5.41) is 13.0. The maximum Gasteiger partial charge on any atom is 0.412 e. The van der Waals surface area contributed by atoms with Gasteiger partial charge < -0.3 is 28.8 Å². The van der Waals surface area contributed by atoms with Crippen LogP contribution in [0.2, 0.25) is 0 Å². The first-order valence-electron chi connectivity index (χ1n) is 15.9. The monoisotopic (exact) mass is 657 g/mol. The lowest BCUT2D eigenvalue weighted by Crippen LogP contribution is -2.63. The lowest BCUT2D eigenvalue weighted by atomic mass is 9.94. The van der Waals surface area contributed by atoms with Gasteiger partial charge in [0.25, 0.3) is 0 Å². The van der Waals surface area contributed by atoms with Crippen molar-refractivity contribution in [2.75, 3.05) is 19.0 Å². The number of methoxy groups -OCH3 is 1. The molecule has 1 heterocycles. The molecular formula is C38H43NO9. The van der Waals surface area contributed by atoms with Crippen molar-refractivity contribution in [2.24, 2.45) is 11.8 Å². The highest BCUT2D eigenvalue weighted by atomic mass is 16.7. The van der Waals surface area contributed by atoms with Crippen molar-refractivity contribution in [3.8, 4) is 0 Å². The molecule has 0 radical (unpaired) electrons. The van der Waals surface area contributed by atoms with E-state index in [0.717, 1.165) is 11.1 Å². The Morgan fingerprint density at radius 1 is 0.750 bits per heavy atom. The fraction of sp³-hybridized carbons (Fsp3) is 0.342. The van der Waals surface area contributed by atoms with Crippen LogP contribution in [0.25, 0.3) is 0 Å². The number of allylic oxidation sites excluding steroid dienone is 2. The highest BCUT2D eigenvalue weighted by Gasteiger charge is 2.53. The van der Waals surface area contributed by atoms with Crippen molar-refractivity contribution in [1.82, 2.24) is 0 Å². The molecule has 10 heteroatoms. The number of carbonyl (C=O) groups is 3. The van der Waals surface area contributed by atoms with E-state index in [1.807, 2.05) is 60.7 Å². The standard InChI is InChI=1S/C38H43NO9/c1-4-15-28(23-26-17-9-6-10-18-26)35(41)46-32-31(25-40)45-37(44-3)34(48-38(43)39-30-21-13-8-14-22-30)33(32)47-36(42)29(16-5-2)24-27-19-11-7-12-20-27/h4-14,17-22,28-29,31-34,37,40H,1-2,15-16,23-25H2,3H3,(H,39,43)/t28-,29-,31-,32-,33+,34+,37+/m1/s1. The average Bonchev–Trinajstić information content (AvgIpc) is 3.10. The molecule has 48 heavy (non-hydrogen) atoms. The number of nitrogens with one attached hydrogen (secondary N) is 1. The van der Waals surface area contributed by atoms with E-state index in [1.165, 1.54) is 7.11 Å². The first-order chi connectivity index (χ1) is 23.4. The van der Waals surface area contributed by atoms with Crippen LogP contribution in [-0.4, -0.2) is 67.6 Å². The molecule has 4 rings (SSSR count). The summed E-state index contributed by atoms with van der Waals surface area (Å²) in [4.78, 5) is 40.8. The van der Waals surface area contributed by atoms with Gasteiger partial charge in [-0.05, 0) is 48.9 Å². The van der Waals surface area contributed by atoms with Crippen molar-refractivity contribution in [3.05, 3.63) is 127 Å². The maximum absolute atomic E-state index is 13.9. The van der Waals surface area contributed by atoms with E-state index in [2.05, 4.69) is 18.5 Å². The van der Waals surface area contributed by atoms with Crippen LogP contribution < -0.4 is 5.32 Å². The summed E-state index contributed by atoms with van der Waals surface area (Å²) in [5.74, 6) is -2.57. The number of carbonyl (C=O) groups excluding carboxylic acids is 3. The van der Waals surface area contributed by atoms with Gasteiger partial charge in [0.1, 0.15) is 6.10 Å². The van der Waals surface area contributed by atoms with Gasteiger partial charge >= 0.3 is 18.0 Å². The SMILES string of the molecule is C=CC[C@H](Cc1ccccc1)C(=O)O[C@@H]1[C@H](OC(=O)Nc2ccccc2)[C@@H](OC)O[C@H](CO)[C@H]1OC(=O)[C@H](CC=C)Cc1ccccc1. The van der Waals surface area contributed by atoms with Gasteiger partial charge in [-0.15, -0.1) is 13.2 Å². The summed E-state index contributed by atoms with van der Waals surface area (Å²) in [7, 11) is 1.33. The molecule has 1 fully saturated rings. The van der Waals surface area contributed by atoms with Gasteiger partial charge in [0.15, 0.2) is 24.6 Å². The Balaban J connectivity index is 1.66. The van der Waals surface area contributed by atoms with Gasteiger partial charge in [0.2, 0.25) is 0 Å². The second kappa shape index (κ2) is 18.5. The van der Waals surface area contributed by atoms with Crippen LogP contribution in [0.3, 0.4) is 0 Å². The summed E-state index contributed by atoms with van der Waals surface area (Å²) in [6.45, 7) is 6.99. The number of rotatable bonds is 16. The van der Waals surface area contributed by atoms with Crippen molar-refractivity contribution < 1.29 is 43.2 Å². The molecule has 254 valence electrons. The van der Waals surface area contributed by atoms with Crippen LogP contribution in [-0.2, 0) is 46.1 Å². The molecule has 2 N–H and O–H groups in total. The fourth-order valence-electron chi connectivity index (χ4n) is 5.60. The number of benzene rings is 3. The van der Waals surface area contributed by atoms with Gasteiger partial charge in [-0.25, -0.2) is 4.79 Å². The topological polar surface area (TPSA) is 130 Å². The molecule has 0 aromatic heterocycles. The lowest BCUT2D eigenvalue weighted by molar-refractivity contribution is -0.299. The van der Waals surface area contributed by atoms with Crippen LogP contribution in [0.5, 0.6) is 0 Å². The summed E-state index contributed by atoms with van der Waals surface area (Å²) in [5.41, 5.74) is 2.27. The molecule has 1 saturated heterocycles. The fourth-order valence-corrected chi connectivity index (χ4v) is 5.60. The number of esters is 2. The molecule has 0 bridgehead atoms. The molecule has 10 nitrogen and oxygen atoms in total. The molecule has 0 saturated carbocycles.